The molecule has 1 heterocycles. The molecule has 0 bridgehead atoms. The van der Waals surface area contributed by atoms with Gasteiger partial charge in [-0.1, -0.05) is 0 Å². The summed E-state index contributed by atoms with van der Waals surface area (Å²) >= 11 is 0. The highest BCUT2D eigenvalue weighted by atomic mass is 19.1. The third-order valence-corrected chi connectivity index (χ3v) is 5.41. The fraction of sp³-hybridized carbons (Fsp3) is 0.524. The molecule has 0 amide bonds. The second-order valence-corrected chi connectivity index (χ2v) is 7.48. The number of aromatic nitrogens is 1. The van der Waals surface area contributed by atoms with Crippen molar-refractivity contribution >= 4 is 22.6 Å². The van der Waals surface area contributed by atoms with E-state index in [9.17, 15) is 24.2 Å². The fourth-order valence-electron chi connectivity index (χ4n) is 3.75. The number of carboxylic acids is 1. The zero-order valence-electron chi connectivity index (χ0n) is 17.0. The predicted molar refractivity (Wildman–Crippen MR) is 109 cm³/mol. The lowest BCUT2D eigenvalue weighted by molar-refractivity contribution is 0.0694. The minimum atomic E-state index is -1.36. The van der Waals surface area contributed by atoms with Crippen LogP contribution >= 0.6 is 0 Å². The Balaban J connectivity index is 2.17. The number of nitrogens with zero attached hydrogens (tertiary/aromatic N) is 2. The molecule has 1 atom stereocenters. The summed E-state index contributed by atoms with van der Waals surface area (Å²) in [5.41, 5.74) is -0.629. The molecule has 1 fully saturated rings. The predicted octanol–water partition coefficient (Wildman–Crippen LogP) is 3.12. The number of rotatable bonds is 10. The van der Waals surface area contributed by atoms with Crippen LogP contribution in [0.2, 0.25) is 0 Å². The Morgan fingerprint density at radius 2 is 2.13 bits per heavy atom. The topological polar surface area (TPSA) is 92.0 Å². The van der Waals surface area contributed by atoms with E-state index in [0.717, 1.165) is 18.9 Å². The van der Waals surface area contributed by atoms with E-state index >= 15 is 4.39 Å². The molecule has 2 N–H and O–H groups in total. The second kappa shape index (κ2) is 8.99. The van der Waals surface area contributed by atoms with Gasteiger partial charge in [0.1, 0.15) is 17.9 Å². The van der Waals surface area contributed by atoms with Crippen LogP contribution in [0.3, 0.4) is 0 Å². The minimum Gasteiger partial charge on any atom is -0.492 e. The quantitative estimate of drug-likeness (QED) is 0.609. The van der Waals surface area contributed by atoms with Crippen LogP contribution in [0, 0.1) is 5.82 Å². The summed E-state index contributed by atoms with van der Waals surface area (Å²) in [5.74, 6) is -1.89. The molecule has 1 aromatic carbocycles. The van der Waals surface area contributed by atoms with Crippen LogP contribution in [0.25, 0.3) is 10.9 Å². The van der Waals surface area contributed by atoms with Gasteiger partial charge in [0.15, 0.2) is 11.6 Å². The summed E-state index contributed by atoms with van der Waals surface area (Å²) in [6, 6.07) is 1.09. The standard InChI is InChI=1S/C21H26F2N2O5/c1-3-24(8-4-5-13(26)10-22)18-16(23)9-14-17(20(18)30-2)25(12-6-7-12)11-15(19(14)27)21(28)29/h9,11-13,26H,3-8,10H2,1-2H3,(H,28,29). The minimum absolute atomic E-state index is 0.0215. The van der Waals surface area contributed by atoms with Gasteiger partial charge in [0.05, 0.1) is 24.1 Å². The van der Waals surface area contributed by atoms with E-state index in [4.69, 9.17) is 4.74 Å². The molecule has 0 radical (unpaired) electrons. The van der Waals surface area contributed by atoms with Crippen LogP contribution in [0.4, 0.5) is 14.5 Å². The lowest BCUT2D eigenvalue weighted by atomic mass is 10.1. The number of hydrogen-bond acceptors (Lipinski definition) is 5. The highest BCUT2D eigenvalue weighted by molar-refractivity contribution is 5.97. The van der Waals surface area contributed by atoms with Gasteiger partial charge < -0.3 is 24.4 Å². The van der Waals surface area contributed by atoms with E-state index in [1.807, 2.05) is 6.92 Å². The molecule has 30 heavy (non-hydrogen) atoms. The number of benzene rings is 1. The Hall–Kier alpha value is -2.68. The molecule has 0 spiro atoms. The number of fused-ring (bicyclic) bond motifs is 1. The number of aromatic carboxylic acids is 1. The van der Waals surface area contributed by atoms with Gasteiger partial charge in [0.25, 0.3) is 0 Å². The van der Waals surface area contributed by atoms with Crippen LogP contribution in [0.1, 0.15) is 49.0 Å². The molecular formula is C21H26F2N2O5. The number of carboxylic acid groups (broad SMARTS) is 1. The van der Waals surface area contributed by atoms with Crippen molar-refractivity contribution in [3.8, 4) is 5.75 Å². The van der Waals surface area contributed by atoms with E-state index in [-0.39, 0.29) is 29.3 Å². The summed E-state index contributed by atoms with van der Waals surface area (Å²) < 4.78 is 34.9. The normalized spacial score (nSPS) is 14.7. The first-order valence-electron chi connectivity index (χ1n) is 10.0. The Morgan fingerprint density at radius 1 is 1.43 bits per heavy atom. The largest absolute Gasteiger partial charge is 0.492 e. The molecule has 1 aliphatic rings. The van der Waals surface area contributed by atoms with Crippen molar-refractivity contribution in [3.05, 3.63) is 33.9 Å². The van der Waals surface area contributed by atoms with Crippen LogP contribution in [0.15, 0.2) is 17.1 Å². The summed E-state index contributed by atoms with van der Waals surface area (Å²) in [6.45, 7) is 1.77. The summed E-state index contributed by atoms with van der Waals surface area (Å²) in [6.07, 6.45) is 2.58. The number of pyridine rings is 1. The highest BCUT2D eigenvalue weighted by Crippen LogP contribution is 2.43. The SMILES string of the molecule is CCN(CCCC(O)CF)c1c(F)cc2c(=O)c(C(=O)O)cn(C3CC3)c2c1OC. The highest BCUT2D eigenvalue weighted by Gasteiger charge is 2.31. The first-order chi connectivity index (χ1) is 14.3. The fourth-order valence-corrected chi connectivity index (χ4v) is 3.75. The van der Waals surface area contributed by atoms with Gasteiger partial charge >= 0.3 is 5.97 Å². The smallest absolute Gasteiger partial charge is 0.341 e. The summed E-state index contributed by atoms with van der Waals surface area (Å²) in [4.78, 5) is 26.0. The van der Waals surface area contributed by atoms with Gasteiger partial charge in [-0.15, -0.1) is 0 Å². The summed E-state index contributed by atoms with van der Waals surface area (Å²) in [7, 11) is 1.38. The summed E-state index contributed by atoms with van der Waals surface area (Å²) in [5, 5.41) is 18.8. The Bertz CT molecular complexity index is 1000. The third kappa shape index (κ3) is 4.12. The molecule has 1 saturated carbocycles. The maximum absolute atomic E-state index is 15.2. The first kappa shape index (κ1) is 22.0. The number of alkyl halides is 1. The number of halogens is 2. The molecule has 0 saturated heterocycles. The van der Waals surface area contributed by atoms with E-state index in [1.54, 1.807) is 9.47 Å². The van der Waals surface area contributed by atoms with Crippen LogP contribution in [0.5, 0.6) is 5.75 Å². The van der Waals surface area contributed by atoms with E-state index in [1.165, 1.54) is 13.3 Å². The Morgan fingerprint density at radius 3 is 2.67 bits per heavy atom. The maximum Gasteiger partial charge on any atom is 0.341 e. The van der Waals surface area contributed by atoms with Crippen molar-refractivity contribution < 1.29 is 28.5 Å². The molecule has 9 heteroatoms. The maximum atomic E-state index is 15.2. The lowest BCUT2D eigenvalue weighted by Gasteiger charge is -2.27. The molecule has 3 rings (SSSR count). The monoisotopic (exact) mass is 424 g/mol. The van der Waals surface area contributed by atoms with E-state index < -0.39 is 35.6 Å². The van der Waals surface area contributed by atoms with Crippen molar-refractivity contribution in [1.29, 1.82) is 0 Å². The number of aliphatic hydroxyl groups excluding tert-OH is 1. The second-order valence-electron chi connectivity index (χ2n) is 7.48. The van der Waals surface area contributed by atoms with Crippen molar-refractivity contribution in [3.63, 3.8) is 0 Å². The van der Waals surface area contributed by atoms with Crippen molar-refractivity contribution in [1.82, 2.24) is 4.57 Å². The van der Waals surface area contributed by atoms with Crippen molar-refractivity contribution in [2.24, 2.45) is 0 Å². The van der Waals surface area contributed by atoms with Crippen LogP contribution < -0.4 is 15.1 Å². The molecule has 2 aromatic rings. The van der Waals surface area contributed by atoms with Gasteiger partial charge in [-0.25, -0.2) is 13.6 Å². The zero-order chi connectivity index (χ0) is 22.0. The van der Waals surface area contributed by atoms with Crippen molar-refractivity contribution in [2.45, 2.75) is 44.8 Å². The number of ether oxygens (including phenoxy) is 1. The lowest BCUT2D eigenvalue weighted by Crippen LogP contribution is -2.27. The van der Waals surface area contributed by atoms with E-state index in [2.05, 4.69) is 0 Å². The van der Waals surface area contributed by atoms with Gasteiger partial charge in [-0.05, 0) is 38.7 Å². The number of hydrogen-bond donors (Lipinski definition) is 2. The number of aliphatic hydroxyl groups is 1. The zero-order valence-corrected chi connectivity index (χ0v) is 17.0. The number of methoxy groups -OCH3 is 1. The molecule has 0 aliphatic heterocycles. The molecule has 164 valence electrons. The number of anilines is 1. The van der Waals surface area contributed by atoms with Gasteiger partial charge in [0, 0.05) is 25.3 Å². The third-order valence-electron chi connectivity index (χ3n) is 5.41. The Labute approximate surface area is 172 Å². The molecule has 1 aromatic heterocycles. The molecule has 1 aliphatic carbocycles. The van der Waals surface area contributed by atoms with Gasteiger partial charge in [-0.3, -0.25) is 4.79 Å². The van der Waals surface area contributed by atoms with Gasteiger partial charge in [-0.2, -0.15) is 0 Å². The molecule has 7 nitrogen and oxygen atoms in total. The van der Waals surface area contributed by atoms with Crippen molar-refractivity contribution in [2.75, 3.05) is 31.8 Å². The van der Waals surface area contributed by atoms with Gasteiger partial charge in [0.2, 0.25) is 5.43 Å². The van der Waals surface area contributed by atoms with E-state index in [0.29, 0.717) is 25.0 Å². The average Bonchev–Trinajstić information content (AvgIpc) is 3.56. The number of carbonyl (C=O) groups is 1. The Kier molecular flexibility index (Phi) is 6.60. The van der Waals surface area contributed by atoms with Crippen LogP contribution in [-0.2, 0) is 0 Å². The average molecular weight is 424 g/mol. The molecule has 1 unspecified atom stereocenters. The van der Waals surface area contributed by atoms with Crippen LogP contribution in [-0.4, -0.2) is 53.7 Å². The first-order valence-corrected chi connectivity index (χ1v) is 10.0. The molecular weight excluding hydrogens is 398 g/mol.